The van der Waals surface area contributed by atoms with Crippen LogP contribution in [-0.2, 0) is 6.54 Å². The fourth-order valence-corrected chi connectivity index (χ4v) is 2.62. The molecule has 5 heteroatoms. The lowest BCUT2D eigenvalue weighted by molar-refractivity contribution is 0.0951. The number of nitrogens with zero attached hydrogens (tertiary/aromatic N) is 2. The van der Waals surface area contributed by atoms with Crippen LogP contribution < -0.4 is 10.1 Å². The van der Waals surface area contributed by atoms with Crippen LogP contribution in [0.4, 0.5) is 0 Å². The third-order valence-corrected chi connectivity index (χ3v) is 3.87. The molecule has 0 bridgehead atoms. The van der Waals surface area contributed by atoms with Gasteiger partial charge >= 0.3 is 0 Å². The van der Waals surface area contributed by atoms with E-state index in [0.29, 0.717) is 18.7 Å². The van der Waals surface area contributed by atoms with Crippen molar-refractivity contribution in [2.24, 2.45) is 0 Å². The van der Waals surface area contributed by atoms with Gasteiger partial charge in [-0.05, 0) is 61.4 Å². The number of carbonyl (C=O) groups excluding carboxylic acids is 1. The van der Waals surface area contributed by atoms with Gasteiger partial charge in [0.05, 0.1) is 12.3 Å². The average Bonchev–Trinajstić information content (AvgIpc) is 3.16. The molecule has 0 aliphatic rings. The summed E-state index contributed by atoms with van der Waals surface area (Å²) in [6.45, 7) is 4.95. The van der Waals surface area contributed by atoms with Crippen LogP contribution in [0.15, 0.2) is 60.9 Å². The van der Waals surface area contributed by atoms with Crippen molar-refractivity contribution in [1.29, 1.82) is 0 Å². The molecule has 0 unspecified atom stereocenters. The van der Waals surface area contributed by atoms with Crippen LogP contribution in [0.25, 0.3) is 5.69 Å². The van der Waals surface area contributed by atoms with Gasteiger partial charge < -0.3 is 10.1 Å². The highest BCUT2D eigenvalue weighted by Gasteiger charge is 2.08. The number of ether oxygens (including phenoxy) is 1. The van der Waals surface area contributed by atoms with Crippen molar-refractivity contribution in [1.82, 2.24) is 15.1 Å². The van der Waals surface area contributed by atoms with Gasteiger partial charge in [-0.3, -0.25) is 4.79 Å². The fraction of sp³-hybridized carbons (Fsp3) is 0.200. The number of aryl methyl sites for hydroxylation is 1. The van der Waals surface area contributed by atoms with Crippen molar-refractivity contribution in [3.05, 3.63) is 77.6 Å². The van der Waals surface area contributed by atoms with Gasteiger partial charge in [0, 0.05) is 24.5 Å². The molecule has 2 aromatic carbocycles. The molecule has 3 rings (SSSR count). The lowest BCUT2D eigenvalue weighted by Crippen LogP contribution is -2.23. The van der Waals surface area contributed by atoms with E-state index in [1.54, 1.807) is 16.9 Å². The standard InChI is InChI=1S/C20H21N3O2/c1-3-25-19-9-8-17(12-15(19)2)20(24)21-14-16-6-4-7-18(13-16)23-11-5-10-22-23/h4-13H,3,14H2,1-2H3,(H,21,24). The van der Waals surface area contributed by atoms with Crippen LogP contribution in [0.2, 0.25) is 0 Å². The molecule has 1 amide bonds. The minimum atomic E-state index is -0.101. The van der Waals surface area contributed by atoms with Gasteiger partial charge in [0.2, 0.25) is 0 Å². The lowest BCUT2D eigenvalue weighted by atomic mass is 10.1. The van der Waals surface area contributed by atoms with Crippen molar-refractivity contribution in [2.75, 3.05) is 6.61 Å². The maximum atomic E-state index is 12.4. The third-order valence-electron chi connectivity index (χ3n) is 3.87. The molecule has 0 aliphatic carbocycles. The predicted molar refractivity (Wildman–Crippen MR) is 97.1 cm³/mol. The maximum absolute atomic E-state index is 12.4. The van der Waals surface area contributed by atoms with E-state index in [0.717, 1.165) is 22.6 Å². The van der Waals surface area contributed by atoms with E-state index < -0.39 is 0 Å². The number of hydrogen-bond donors (Lipinski definition) is 1. The minimum Gasteiger partial charge on any atom is -0.494 e. The Morgan fingerprint density at radius 2 is 2.08 bits per heavy atom. The van der Waals surface area contributed by atoms with Crippen molar-refractivity contribution < 1.29 is 9.53 Å². The van der Waals surface area contributed by atoms with Crippen molar-refractivity contribution in [2.45, 2.75) is 20.4 Å². The summed E-state index contributed by atoms with van der Waals surface area (Å²) in [5.41, 5.74) is 3.57. The largest absolute Gasteiger partial charge is 0.494 e. The smallest absolute Gasteiger partial charge is 0.251 e. The van der Waals surface area contributed by atoms with Crippen LogP contribution in [0.5, 0.6) is 5.75 Å². The molecule has 1 N–H and O–H groups in total. The Morgan fingerprint density at radius 1 is 1.20 bits per heavy atom. The third kappa shape index (κ3) is 4.07. The van der Waals surface area contributed by atoms with Crippen LogP contribution in [0.1, 0.15) is 28.4 Å². The quantitative estimate of drug-likeness (QED) is 0.750. The first-order valence-corrected chi connectivity index (χ1v) is 8.28. The van der Waals surface area contributed by atoms with Gasteiger partial charge in [0.15, 0.2) is 0 Å². The Bertz CT molecular complexity index is 857. The molecule has 3 aromatic rings. The molecule has 128 valence electrons. The minimum absolute atomic E-state index is 0.101. The van der Waals surface area contributed by atoms with Gasteiger partial charge in [-0.15, -0.1) is 0 Å². The molecule has 0 saturated carbocycles. The van der Waals surface area contributed by atoms with E-state index in [1.807, 2.05) is 62.5 Å². The second-order valence-electron chi connectivity index (χ2n) is 5.72. The molecule has 0 atom stereocenters. The second-order valence-corrected chi connectivity index (χ2v) is 5.72. The molecular weight excluding hydrogens is 314 g/mol. The normalized spacial score (nSPS) is 10.5. The SMILES string of the molecule is CCOc1ccc(C(=O)NCc2cccc(-n3cccn3)c2)cc1C. The van der Waals surface area contributed by atoms with Gasteiger partial charge in [-0.1, -0.05) is 12.1 Å². The molecule has 0 spiro atoms. The van der Waals surface area contributed by atoms with Crippen LogP contribution in [-0.4, -0.2) is 22.3 Å². The molecule has 0 radical (unpaired) electrons. The summed E-state index contributed by atoms with van der Waals surface area (Å²) in [7, 11) is 0. The molecule has 1 aromatic heterocycles. The molecule has 0 aliphatic heterocycles. The summed E-state index contributed by atoms with van der Waals surface area (Å²) in [6, 6.07) is 15.3. The number of hydrogen-bond acceptors (Lipinski definition) is 3. The van der Waals surface area contributed by atoms with Crippen molar-refractivity contribution in [3.8, 4) is 11.4 Å². The monoisotopic (exact) mass is 335 g/mol. The van der Waals surface area contributed by atoms with Gasteiger partial charge in [-0.2, -0.15) is 5.10 Å². The number of aromatic nitrogens is 2. The zero-order valence-electron chi connectivity index (χ0n) is 14.4. The molecular formula is C20H21N3O2. The van der Waals surface area contributed by atoms with Crippen molar-refractivity contribution in [3.63, 3.8) is 0 Å². The summed E-state index contributed by atoms with van der Waals surface area (Å²) in [4.78, 5) is 12.4. The zero-order chi connectivity index (χ0) is 17.6. The average molecular weight is 335 g/mol. The topological polar surface area (TPSA) is 56.1 Å². The first-order chi connectivity index (χ1) is 12.2. The van der Waals surface area contributed by atoms with Crippen LogP contribution in [0.3, 0.4) is 0 Å². The van der Waals surface area contributed by atoms with Crippen molar-refractivity contribution >= 4 is 5.91 Å². The molecule has 25 heavy (non-hydrogen) atoms. The Hall–Kier alpha value is -3.08. The molecule has 0 fully saturated rings. The summed E-state index contributed by atoms with van der Waals surface area (Å²) >= 11 is 0. The van der Waals surface area contributed by atoms with Crippen LogP contribution >= 0.6 is 0 Å². The van der Waals surface area contributed by atoms with Crippen LogP contribution in [0, 0.1) is 6.92 Å². The lowest BCUT2D eigenvalue weighted by Gasteiger charge is -2.10. The number of carbonyl (C=O) groups is 1. The van der Waals surface area contributed by atoms with Gasteiger partial charge in [0.25, 0.3) is 5.91 Å². The highest BCUT2D eigenvalue weighted by molar-refractivity contribution is 5.94. The van der Waals surface area contributed by atoms with Gasteiger partial charge in [-0.25, -0.2) is 4.68 Å². The first-order valence-electron chi connectivity index (χ1n) is 8.28. The summed E-state index contributed by atoms with van der Waals surface area (Å²) in [6.07, 6.45) is 3.63. The number of amides is 1. The van der Waals surface area contributed by atoms with E-state index in [4.69, 9.17) is 4.74 Å². The maximum Gasteiger partial charge on any atom is 0.251 e. The van der Waals surface area contributed by atoms with E-state index >= 15 is 0 Å². The Morgan fingerprint density at radius 3 is 2.80 bits per heavy atom. The number of rotatable bonds is 6. The summed E-state index contributed by atoms with van der Waals surface area (Å²) < 4.78 is 7.30. The summed E-state index contributed by atoms with van der Waals surface area (Å²) in [5.74, 6) is 0.710. The predicted octanol–water partition coefficient (Wildman–Crippen LogP) is 3.51. The van der Waals surface area contributed by atoms with E-state index in [-0.39, 0.29) is 5.91 Å². The number of nitrogens with one attached hydrogen (secondary N) is 1. The first kappa shape index (κ1) is 16.8. The number of benzene rings is 2. The highest BCUT2D eigenvalue weighted by atomic mass is 16.5. The summed E-state index contributed by atoms with van der Waals surface area (Å²) in [5, 5.41) is 7.18. The zero-order valence-corrected chi connectivity index (χ0v) is 14.4. The fourth-order valence-electron chi connectivity index (χ4n) is 2.62. The molecule has 1 heterocycles. The Balaban J connectivity index is 1.66. The molecule has 5 nitrogen and oxygen atoms in total. The van der Waals surface area contributed by atoms with E-state index in [2.05, 4.69) is 10.4 Å². The molecule has 0 saturated heterocycles. The second kappa shape index (κ2) is 7.66. The Labute approximate surface area is 147 Å². The van der Waals surface area contributed by atoms with Gasteiger partial charge in [0.1, 0.15) is 5.75 Å². The highest BCUT2D eigenvalue weighted by Crippen LogP contribution is 2.19. The Kier molecular flexibility index (Phi) is 5.14. The van der Waals surface area contributed by atoms with E-state index in [9.17, 15) is 4.79 Å². The van der Waals surface area contributed by atoms with E-state index in [1.165, 1.54) is 0 Å².